The van der Waals surface area contributed by atoms with Crippen LogP contribution in [0.3, 0.4) is 0 Å². The molecule has 7 heteroatoms. The van der Waals surface area contributed by atoms with Gasteiger partial charge < -0.3 is 15.2 Å². The highest BCUT2D eigenvalue weighted by Crippen LogP contribution is 2.35. The van der Waals surface area contributed by atoms with Gasteiger partial charge in [0, 0.05) is 3.92 Å². The first-order chi connectivity index (χ1) is 14.2. The summed E-state index contributed by atoms with van der Waals surface area (Å²) in [4.78, 5) is 0. The Morgan fingerprint density at radius 3 is 2.10 bits per heavy atom. The molecule has 0 saturated carbocycles. The van der Waals surface area contributed by atoms with Gasteiger partial charge in [0.2, 0.25) is 0 Å². The summed E-state index contributed by atoms with van der Waals surface area (Å²) in [6.07, 6.45) is -2.46. The van der Waals surface area contributed by atoms with E-state index in [4.69, 9.17) is 10.5 Å². The number of nitrogen functional groups attached to an aromatic ring is 1. The van der Waals surface area contributed by atoms with Crippen LogP contribution in [-0.4, -0.2) is 6.36 Å². The normalized spacial score (nSPS) is 12.4. The standard InChI is InChI=1S/C23H21F3INO2/c1-2-3-20(27)16-6-4-15(5-7-16)17-8-13-21(28)22(14-17)29-18-9-11-19(12-10-18)30-23(24,25)26/h4-14,20H,2-3,28H2,1H3. The Bertz CT molecular complexity index is 973. The Morgan fingerprint density at radius 2 is 1.50 bits per heavy atom. The van der Waals surface area contributed by atoms with E-state index < -0.39 is 6.36 Å². The van der Waals surface area contributed by atoms with E-state index in [1.807, 2.05) is 12.1 Å². The van der Waals surface area contributed by atoms with E-state index in [0.717, 1.165) is 24.0 Å². The molecule has 0 saturated heterocycles. The molecule has 30 heavy (non-hydrogen) atoms. The third-order valence-electron chi connectivity index (χ3n) is 4.45. The van der Waals surface area contributed by atoms with Gasteiger partial charge in [0.05, 0.1) is 5.69 Å². The summed E-state index contributed by atoms with van der Waals surface area (Å²) in [6, 6.07) is 19.0. The molecule has 1 unspecified atom stereocenters. The second kappa shape index (κ2) is 9.59. The number of anilines is 1. The van der Waals surface area contributed by atoms with Crippen molar-refractivity contribution in [3.8, 4) is 28.4 Å². The van der Waals surface area contributed by atoms with Crippen LogP contribution in [0.2, 0.25) is 0 Å². The Labute approximate surface area is 187 Å². The van der Waals surface area contributed by atoms with E-state index in [1.165, 1.54) is 29.8 Å². The van der Waals surface area contributed by atoms with Crippen molar-refractivity contribution in [2.45, 2.75) is 30.1 Å². The summed E-state index contributed by atoms with van der Waals surface area (Å²) in [7, 11) is 0. The van der Waals surface area contributed by atoms with Crippen molar-refractivity contribution >= 4 is 28.3 Å². The van der Waals surface area contributed by atoms with Crippen molar-refractivity contribution < 1.29 is 22.6 Å². The fourth-order valence-corrected chi connectivity index (χ4v) is 3.98. The summed E-state index contributed by atoms with van der Waals surface area (Å²) >= 11 is 2.46. The molecule has 1 atom stereocenters. The summed E-state index contributed by atoms with van der Waals surface area (Å²) in [5.74, 6) is 0.475. The molecule has 3 rings (SSSR count). The Balaban J connectivity index is 1.77. The van der Waals surface area contributed by atoms with Crippen LogP contribution in [0.1, 0.15) is 29.3 Å². The van der Waals surface area contributed by atoms with Crippen LogP contribution < -0.4 is 15.2 Å². The lowest BCUT2D eigenvalue weighted by Crippen LogP contribution is -2.16. The number of nitrogens with two attached hydrogens (primary N) is 1. The minimum absolute atomic E-state index is 0.312. The molecule has 0 heterocycles. The molecule has 3 aromatic rings. The molecule has 0 spiro atoms. The molecule has 0 aromatic heterocycles. The maximum absolute atomic E-state index is 12.3. The van der Waals surface area contributed by atoms with Gasteiger partial charge in [-0.15, -0.1) is 13.2 Å². The van der Waals surface area contributed by atoms with Crippen molar-refractivity contribution in [1.29, 1.82) is 0 Å². The number of hydrogen-bond donors (Lipinski definition) is 1. The monoisotopic (exact) mass is 527 g/mol. The van der Waals surface area contributed by atoms with Gasteiger partial charge in [-0.05, 0) is 59.5 Å². The lowest BCUT2D eigenvalue weighted by Gasteiger charge is -2.13. The molecule has 0 fully saturated rings. The van der Waals surface area contributed by atoms with Crippen LogP contribution in [0.15, 0.2) is 66.7 Å². The van der Waals surface area contributed by atoms with Crippen molar-refractivity contribution in [2.75, 3.05) is 5.73 Å². The number of alkyl halides is 4. The number of rotatable bonds is 7. The van der Waals surface area contributed by atoms with Gasteiger partial charge in [-0.1, -0.05) is 66.3 Å². The molecule has 0 aliphatic heterocycles. The first kappa shape index (κ1) is 22.3. The van der Waals surface area contributed by atoms with Crippen LogP contribution in [0.25, 0.3) is 11.1 Å². The van der Waals surface area contributed by atoms with E-state index in [9.17, 15) is 13.2 Å². The number of hydrogen-bond acceptors (Lipinski definition) is 3. The molecule has 0 aliphatic rings. The Morgan fingerprint density at radius 1 is 0.900 bits per heavy atom. The summed E-state index contributed by atoms with van der Waals surface area (Å²) in [5.41, 5.74) is 9.70. The topological polar surface area (TPSA) is 44.5 Å². The molecule has 3 nitrogen and oxygen atoms in total. The van der Waals surface area contributed by atoms with Crippen molar-refractivity contribution in [3.05, 3.63) is 72.3 Å². The molecule has 0 aliphatic carbocycles. The van der Waals surface area contributed by atoms with Gasteiger partial charge >= 0.3 is 6.36 Å². The predicted molar refractivity (Wildman–Crippen MR) is 121 cm³/mol. The molecule has 0 radical (unpaired) electrons. The van der Waals surface area contributed by atoms with Crippen LogP contribution >= 0.6 is 22.6 Å². The second-order valence-corrected chi connectivity index (χ2v) is 8.26. The van der Waals surface area contributed by atoms with E-state index >= 15 is 0 Å². The molecular formula is C23H21F3INO2. The van der Waals surface area contributed by atoms with Gasteiger partial charge in [-0.25, -0.2) is 0 Å². The zero-order valence-electron chi connectivity index (χ0n) is 16.2. The fourth-order valence-electron chi connectivity index (χ4n) is 2.94. The summed E-state index contributed by atoms with van der Waals surface area (Å²) < 4.78 is 47.0. The van der Waals surface area contributed by atoms with Crippen molar-refractivity contribution in [1.82, 2.24) is 0 Å². The third-order valence-corrected chi connectivity index (χ3v) is 5.79. The van der Waals surface area contributed by atoms with Gasteiger partial charge in [0.15, 0.2) is 5.75 Å². The Hall–Kier alpha value is -2.42. The average Bonchev–Trinajstić information content (AvgIpc) is 2.70. The van der Waals surface area contributed by atoms with Crippen LogP contribution in [0.5, 0.6) is 17.2 Å². The molecular weight excluding hydrogens is 506 g/mol. The predicted octanol–water partition coefficient (Wildman–Crippen LogP) is 7.90. The minimum Gasteiger partial charge on any atom is -0.455 e. The Kier molecular flexibility index (Phi) is 7.12. The number of benzene rings is 3. The van der Waals surface area contributed by atoms with Gasteiger partial charge in [0.25, 0.3) is 0 Å². The largest absolute Gasteiger partial charge is 0.573 e. The highest BCUT2D eigenvalue weighted by molar-refractivity contribution is 14.1. The van der Waals surface area contributed by atoms with Gasteiger partial charge in [0.1, 0.15) is 11.5 Å². The fraction of sp³-hybridized carbons (Fsp3) is 0.217. The SMILES string of the molecule is CCCC(I)c1ccc(-c2ccc(N)c(Oc3ccc(OC(F)(F)F)cc3)c2)cc1. The molecule has 0 amide bonds. The average molecular weight is 527 g/mol. The van der Waals surface area contributed by atoms with Gasteiger partial charge in [-0.2, -0.15) is 0 Å². The molecule has 158 valence electrons. The molecule has 2 N–H and O–H groups in total. The summed E-state index contributed by atoms with van der Waals surface area (Å²) in [5, 5.41) is 0. The lowest BCUT2D eigenvalue weighted by atomic mass is 10.0. The maximum atomic E-state index is 12.3. The third kappa shape index (κ3) is 6.04. The second-order valence-electron chi connectivity index (χ2n) is 6.75. The van der Waals surface area contributed by atoms with Gasteiger partial charge in [-0.3, -0.25) is 0 Å². The zero-order valence-corrected chi connectivity index (χ0v) is 18.4. The highest BCUT2D eigenvalue weighted by atomic mass is 127. The highest BCUT2D eigenvalue weighted by Gasteiger charge is 2.31. The van der Waals surface area contributed by atoms with E-state index in [0.29, 0.717) is 21.1 Å². The smallest absolute Gasteiger partial charge is 0.455 e. The first-order valence-electron chi connectivity index (χ1n) is 9.43. The van der Waals surface area contributed by atoms with E-state index in [-0.39, 0.29) is 5.75 Å². The van der Waals surface area contributed by atoms with Crippen LogP contribution in [-0.2, 0) is 0 Å². The maximum Gasteiger partial charge on any atom is 0.573 e. The van der Waals surface area contributed by atoms with E-state index in [2.05, 4.69) is 58.5 Å². The number of halogens is 4. The molecule has 0 bridgehead atoms. The van der Waals surface area contributed by atoms with Crippen molar-refractivity contribution in [3.63, 3.8) is 0 Å². The summed E-state index contributed by atoms with van der Waals surface area (Å²) in [6.45, 7) is 2.17. The molecule has 3 aromatic carbocycles. The minimum atomic E-state index is -4.73. The zero-order chi connectivity index (χ0) is 21.7. The van der Waals surface area contributed by atoms with E-state index in [1.54, 1.807) is 6.07 Å². The first-order valence-corrected chi connectivity index (χ1v) is 10.7. The van der Waals surface area contributed by atoms with Crippen molar-refractivity contribution in [2.24, 2.45) is 0 Å². The van der Waals surface area contributed by atoms with Crippen LogP contribution in [0, 0.1) is 0 Å². The quantitative estimate of drug-likeness (QED) is 0.193. The van der Waals surface area contributed by atoms with Crippen LogP contribution in [0.4, 0.5) is 18.9 Å². The number of ether oxygens (including phenoxy) is 2. The lowest BCUT2D eigenvalue weighted by molar-refractivity contribution is -0.274.